The fraction of sp³-hybridized carbons (Fsp3) is 0.667. The summed E-state index contributed by atoms with van der Waals surface area (Å²) in [6.45, 7) is 2.09. The quantitative estimate of drug-likeness (QED) is 0.613. The summed E-state index contributed by atoms with van der Waals surface area (Å²) in [4.78, 5) is 10.5. The third-order valence-electron chi connectivity index (χ3n) is 2.68. The first-order chi connectivity index (χ1) is 5.20. The second kappa shape index (κ2) is 2.10. The third-order valence-corrected chi connectivity index (χ3v) is 2.68. The molecule has 0 heterocycles. The molecule has 60 valence electrons. The molecule has 1 N–H and O–H groups in total. The summed E-state index contributed by atoms with van der Waals surface area (Å²) in [7, 11) is 0. The maximum atomic E-state index is 10.5. The zero-order valence-corrected chi connectivity index (χ0v) is 6.63. The van der Waals surface area contributed by atoms with Crippen molar-refractivity contribution in [1.29, 1.82) is 0 Å². The van der Waals surface area contributed by atoms with Crippen molar-refractivity contribution in [1.82, 2.24) is 0 Å². The molecule has 0 aromatic heterocycles. The first-order valence-electron chi connectivity index (χ1n) is 4.12. The fourth-order valence-corrected chi connectivity index (χ4v) is 1.61. The largest absolute Gasteiger partial charge is 0.481 e. The molecule has 2 rings (SSSR count). The van der Waals surface area contributed by atoms with Crippen LogP contribution in [0, 0.1) is 11.8 Å². The van der Waals surface area contributed by atoms with Crippen LogP contribution < -0.4 is 0 Å². The van der Waals surface area contributed by atoms with E-state index in [1.54, 1.807) is 0 Å². The Morgan fingerprint density at radius 3 is 2.55 bits per heavy atom. The number of rotatable bonds is 2. The van der Waals surface area contributed by atoms with Crippen molar-refractivity contribution in [2.75, 3.05) is 0 Å². The third kappa shape index (κ3) is 1.17. The van der Waals surface area contributed by atoms with Crippen molar-refractivity contribution in [2.45, 2.75) is 26.2 Å². The van der Waals surface area contributed by atoms with Gasteiger partial charge in [-0.1, -0.05) is 11.1 Å². The van der Waals surface area contributed by atoms with E-state index in [4.69, 9.17) is 5.11 Å². The van der Waals surface area contributed by atoms with Crippen LogP contribution in [-0.2, 0) is 4.79 Å². The summed E-state index contributed by atoms with van der Waals surface area (Å²) in [6, 6.07) is 0. The van der Waals surface area contributed by atoms with Crippen LogP contribution in [0.1, 0.15) is 26.2 Å². The van der Waals surface area contributed by atoms with Crippen molar-refractivity contribution in [3.63, 3.8) is 0 Å². The molecule has 0 bridgehead atoms. The van der Waals surface area contributed by atoms with E-state index in [1.165, 1.54) is 24.0 Å². The molecule has 0 saturated heterocycles. The van der Waals surface area contributed by atoms with E-state index < -0.39 is 5.97 Å². The molecule has 0 aromatic rings. The molecule has 0 spiro atoms. The number of carboxylic acid groups (broad SMARTS) is 1. The van der Waals surface area contributed by atoms with Crippen LogP contribution in [-0.4, -0.2) is 11.1 Å². The molecule has 2 aliphatic carbocycles. The molecular weight excluding hydrogens is 140 g/mol. The molecule has 0 aliphatic heterocycles. The molecule has 2 saturated carbocycles. The van der Waals surface area contributed by atoms with Crippen LogP contribution in [0.25, 0.3) is 0 Å². The number of hydrogen-bond acceptors (Lipinski definition) is 1. The minimum absolute atomic E-state index is 0.115. The minimum Gasteiger partial charge on any atom is -0.481 e. The topological polar surface area (TPSA) is 37.3 Å². The van der Waals surface area contributed by atoms with Crippen molar-refractivity contribution in [3.05, 3.63) is 11.1 Å². The summed E-state index contributed by atoms with van der Waals surface area (Å²) in [5, 5.41) is 8.64. The number of carboxylic acids is 1. The Balaban J connectivity index is 2.07. The van der Waals surface area contributed by atoms with Gasteiger partial charge in [0.2, 0.25) is 0 Å². The van der Waals surface area contributed by atoms with Crippen LogP contribution in [0.3, 0.4) is 0 Å². The van der Waals surface area contributed by atoms with Crippen molar-refractivity contribution in [2.24, 2.45) is 11.8 Å². The maximum absolute atomic E-state index is 10.5. The molecule has 0 amide bonds. The smallest absolute Gasteiger partial charge is 0.310 e. The summed E-state index contributed by atoms with van der Waals surface area (Å²) < 4.78 is 0. The average molecular weight is 152 g/mol. The van der Waals surface area contributed by atoms with Crippen molar-refractivity contribution < 1.29 is 9.90 Å². The Bertz CT molecular complexity index is 236. The number of aliphatic carboxylic acids is 1. The van der Waals surface area contributed by atoms with E-state index >= 15 is 0 Å². The highest BCUT2D eigenvalue weighted by molar-refractivity contribution is 5.79. The van der Waals surface area contributed by atoms with Crippen LogP contribution in [0.2, 0.25) is 0 Å². The normalized spacial score (nSPS) is 33.4. The fourth-order valence-electron chi connectivity index (χ4n) is 1.61. The molecule has 2 heteroatoms. The number of allylic oxidation sites excluding steroid dienone is 1. The Hall–Kier alpha value is -0.790. The van der Waals surface area contributed by atoms with E-state index in [0.29, 0.717) is 0 Å². The van der Waals surface area contributed by atoms with Gasteiger partial charge in [0, 0.05) is 0 Å². The van der Waals surface area contributed by atoms with Gasteiger partial charge in [-0.25, -0.2) is 0 Å². The van der Waals surface area contributed by atoms with Gasteiger partial charge in [0.25, 0.3) is 0 Å². The maximum Gasteiger partial charge on any atom is 0.310 e. The molecule has 11 heavy (non-hydrogen) atoms. The summed E-state index contributed by atoms with van der Waals surface area (Å²) in [6.07, 6.45) is 3.38. The van der Waals surface area contributed by atoms with Gasteiger partial charge in [-0.3, -0.25) is 4.79 Å². The summed E-state index contributed by atoms with van der Waals surface area (Å²) >= 11 is 0. The zero-order chi connectivity index (χ0) is 8.01. The van der Waals surface area contributed by atoms with Crippen molar-refractivity contribution >= 4 is 5.97 Å². The molecule has 2 nitrogen and oxygen atoms in total. The van der Waals surface area contributed by atoms with Gasteiger partial charge in [-0.05, 0) is 32.1 Å². The van der Waals surface area contributed by atoms with Crippen LogP contribution >= 0.6 is 0 Å². The van der Waals surface area contributed by atoms with Crippen LogP contribution in [0.5, 0.6) is 0 Å². The van der Waals surface area contributed by atoms with E-state index in [1.807, 2.05) is 0 Å². The highest BCUT2D eigenvalue weighted by Crippen LogP contribution is 2.47. The average Bonchev–Trinajstić information content (AvgIpc) is 2.83. The van der Waals surface area contributed by atoms with Gasteiger partial charge in [-0.2, -0.15) is 0 Å². The second-order valence-corrected chi connectivity index (χ2v) is 3.58. The predicted molar refractivity (Wildman–Crippen MR) is 41.2 cm³/mol. The molecule has 1 atom stereocenters. The molecule has 2 aliphatic rings. The van der Waals surface area contributed by atoms with Crippen LogP contribution in [0.4, 0.5) is 0 Å². The predicted octanol–water partition coefficient (Wildman–Crippen LogP) is 1.82. The number of hydrogen-bond donors (Lipinski definition) is 1. The Kier molecular flexibility index (Phi) is 1.31. The van der Waals surface area contributed by atoms with Gasteiger partial charge >= 0.3 is 5.97 Å². The Labute approximate surface area is 65.9 Å². The van der Waals surface area contributed by atoms with E-state index in [0.717, 1.165) is 12.3 Å². The standard InChI is InChI=1S/C9H12O2/c1-5(6-2-3-6)7-4-8(7)9(10)11/h6,8H,2-4H2,1H3,(H,10,11)/b7-5+. The Morgan fingerprint density at radius 1 is 1.55 bits per heavy atom. The van der Waals surface area contributed by atoms with Crippen molar-refractivity contribution in [3.8, 4) is 0 Å². The van der Waals surface area contributed by atoms with Crippen LogP contribution in [0.15, 0.2) is 11.1 Å². The SMILES string of the molecule is C/C(=C1/CC1C(=O)O)C1CC1. The second-order valence-electron chi connectivity index (χ2n) is 3.58. The monoisotopic (exact) mass is 152 g/mol. The van der Waals surface area contributed by atoms with Gasteiger partial charge < -0.3 is 5.11 Å². The minimum atomic E-state index is -0.639. The first-order valence-corrected chi connectivity index (χ1v) is 4.12. The highest BCUT2D eigenvalue weighted by atomic mass is 16.4. The van der Waals surface area contributed by atoms with E-state index in [9.17, 15) is 4.79 Å². The molecule has 1 unspecified atom stereocenters. The van der Waals surface area contributed by atoms with Gasteiger partial charge in [-0.15, -0.1) is 0 Å². The molecular formula is C9H12O2. The lowest BCUT2D eigenvalue weighted by Gasteiger charge is -1.92. The Morgan fingerprint density at radius 2 is 2.18 bits per heavy atom. The summed E-state index contributed by atoms with van der Waals surface area (Å²) in [5.74, 6) is -0.00931. The van der Waals surface area contributed by atoms with Gasteiger partial charge in [0.1, 0.15) is 0 Å². The highest BCUT2D eigenvalue weighted by Gasteiger charge is 2.41. The van der Waals surface area contributed by atoms with E-state index in [2.05, 4.69) is 6.92 Å². The van der Waals surface area contributed by atoms with Gasteiger partial charge in [0.05, 0.1) is 5.92 Å². The lowest BCUT2D eigenvalue weighted by atomic mass is 10.1. The number of carbonyl (C=O) groups is 1. The van der Waals surface area contributed by atoms with E-state index in [-0.39, 0.29) is 5.92 Å². The molecule has 0 aromatic carbocycles. The summed E-state index contributed by atoms with van der Waals surface area (Å²) in [5.41, 5.74) is 2.58. The lowest BCUT2D eigenvalue weighted by Crippen LogP contribution is -1.96. The van der Waals surface area contributed by atoms with Gasteiger partial charge in [0.15, 0.2) is 0 Å². The molecule has 0 radical (unpaired) electrons. The lowest BCUT2D eigenvalue weighted by molar-refractivity contribution is -0.138. The molecule has 2 fully saturated rings. The first kappa shape index (κ1) is 6.89. The zero-order valence-electron chi connectivity index (χ0n) is 6.63.